The molecule has 0 amide bonds. The van der Waals surface area contributed by atoms with Crippen LogP contribution in [0.25, 0.3) is 55.0 Å². The second-order valence-corrected chi connectivity index (χ2v) is 13.0. The molecule has 0 saturated heterocycles. The molecule has 206 valence electrons. The quantitative estimate of drug-likeness (QED) is 0.132. The molecule has 0 spiro atoms. The lowest BCUT2D eigenvalue weighted by molar-refractivity contribution is 0.634. The Morgan fingerprint density at radius 1 is 0.442 bits per heavy atom. The van der Waals surface area contributed by atoms with Crippen molar-refractivity contribution in [1.82, 2.24) is 9.13 Å². The monoisotopic (exact) mass is 665 g/mol. The van der Waals surface area contributed by atoms with Crippen molar-refractivity contribution < 1.29 is 0 Å². The van der Waals surface area contributed by atoms with Gasteiger partial charge in [0.2, 0.25) is 0 Å². The predicted octanol–water partition coefficient (Wildman–Crippen LogP) is 11.0. The highest BCUT2D eigenvalue weighted by atomic mass is 127. The number of rotatable bonds is 2. The van der Waals surface area contributed by atoms with Gasteiger partial charge in [-0.3, -0.25) is 3.11 Å². The third-order valence-electron chi connectivity index (χ3n) is 9.41. The summed E-state index contributed by atoms with van der Waals surface area (Å²) in [5.74, 6) is 0. The topological polar surface area (TPSA) is 13.1 Å². The van der Waals surface area contributed by atoms with Crippen LogP contribution >= 0.6 is 22.9 Å². The van der Waals surface area contributed by atoms with Crippen LogP contribution in [0.1, 0.15) is 25.0 Å². The van der Waals surface area contributed by atoms with E-state index in [9.17, 15) is 0 Å². The van der Waals surface area contributed by atoms with Crippen LogP contribution in [0.3, 0.4) is 0 Å². The zero-order chi connectivity index (χ0) is 28.9. The third kappa shape index (κ3) is 3.41. The van der Waals surface area contributed by atoms with Crippen molar-refractivity contribution in [3.63, 3.8) is 0 Å². The van der Waals surface area contributed by atoms with E-state index >= 15 is 0 Å². The summed E-state index contributed by atoms with van der Waals surface area (Å²) in [7, 11) is 0. The molecule has 6 aromatic carbocycles. The lowest BCUT2D eigenvalue weighted by atomic mass is 9.74. The summed E-state index contributed by atoms with van der Waals surface area (Å²) in [4.78, 5) is 0. The first-order valence-corrected chi connectivity index (χ1v) is 15.7. The number of aromatic nitrogens is 2. The highest BCUT2D eigenvalue weighted by molar-refractivity contribution is 14.1. The molecule has 3 nitrogen and oxygen atoms in total. The second-order valence-electron chi connectivity index (χ2n) is 12.0. The normalized spacial score (nSPS) is 14.1. The lowest BCUT2D eigenvalue weighted by Gasteiger charge is -2.39. The fourth-order valence-electron chi connectivity index (χ4n) is 7.35. The fraction of sp³-hybridized carbons (Fsp3) is 0.0769. The van der Waals surface area contributed by atoms with Crippen molar-refractivity contribution in [3.8, 4) is 11.4 Å². The molecule has 43 heavy (non-hydrogen) atoms. The molecule has 0 N–H and O–H groups in total. The van der Waals surface area contributed by atoms with Crippen molar-refractivity contribution in [3.05, 3.63) is 145 Å². The maximum absolute atomic E-state index is 2.48. The number of benzene rings is 6. The highest BCUT2D eigenvalue weighted by Crippen LogP contribution is 2.52. The van der Waals surface area contributed by atoms with E-state index in [2.05, 4.69) is 182 Å². The van der Waals surface area contributed by atoms with Gasteiger partial charge in [0.15, 0.2) is 0 Å². The Balaban J connectivity index is 1.26. The summed E-state index contributed by atoms with van der Waals surface area (Å²) in [5, 5.41) is 5.14. The van der Waals surface area contributed by atoms with E-state index in [-0.39, 0.29) is 5.41 Å². The number of nitrogens with zero attached hydrogens (tertiary/aromatic N) is 3. The van der Waals surface area contributed by atoms with Crippen LogP contribution in [-0.4, -0.2) is 9.13 Å². The Morgan fingerprint density at radius 2 is 0.767 bits per heavy atom. The van der Waals surface area contributed by atoms with Crippen molar-refractivity contribution in [2.45, 2.75) is 19.3 Å². The average molecular weight is 666 g/mol. The Morgan fingerprint density at radius 3 is 1.12 bits per heavy atom. The third-order valence-corrected chi connectivity index (χ3v) is 10.4. The van der Waals surface area contributed by atoms with Gasteiger partial charge in [-0.2, -0.15) is 0 Å². The predicted molar refractivity (Wildman–Crippen MR) is 190 cm³/mol. The van der Waals surface area contributed by atoms with Gasteiger partial charge in [-0.05, 0) is 71.8 Å². The van der Waals surface area contributed by atoms with Gasteiger partial charge in [-0.15, -0.1) is 0 Å². The molecule has 9 rings (SSSR count). The molecule has 8 aromatic rings. The first-order valence-electron chi connectivity index (χ1n) is 14.7. The summed E-state index contributed by atoms with van der Waals surface area (Å²) in [6.07, 6.45) is 0. The van der Waals surface area contributed by atoms with E-state index in [0.29, 0.717) is 0 Å². The van der Waals surface area contributed by atoms with E-state index < -0.39 is 0 Å². The molecule has 0 unspecified atom stereocenters. The minimum atomic E-state index is -0.212. The van der Waals surface area contributed by atoms with Gasteiger partial charge in [0.25, 0.3) is 0 Å². The van der Waals surface area contributed by atoms with Gasteiger partial charge in [0.05, 0.1) is 56.3 Å². The maximum Gasteiger partial charge on any atom is 0.0646 e. The summed E-state index contributed by atoms with van der Waals surface area (Å²) in [6.45, 7) is 4.75. The van der Waals surface area contributed by atoms with Crippen molar-refractivity contribution >= 4 is 77.9 Å². The Labute approximate surface area is 264 Å². The van der Waals surface area contributed by atoms with E-state index in [0.717, 1.165) is 0 Å². The highest BCUT2D eigenvalue weighted by Gasteiger charge is 2.36. The van der Waals surface area contributed by atoms with Gasteiger partial charge in [-0.1, -0.05) is 86.6 Å². The molecule has 0 fully saturated rings. The number of hydrogen-bond donors (Lipinski definition) is 0. The Bertz CT molecular complexity index is 2130. The molecule has 1 aliphatic heterocycles. The van der Waals surface area contributed by atoms with Crippen LogP contribution in [0.15, 0.2) is 133 Å². The molecule has 0 radical (unpaired) electrons. The zero-order valence-electron chi connectivity index (χ0n) is 23.9. The summed E-state index contributed by atoms with van der Waals surface area (Å²) in [6, 6.07) is 48.9. The van der Waals surface area contributed by atoms with Gasteiger partial charge in [0.1, 0.15) is 0 Å². The Hall–Kier alpha value is -4.55. The van der Waals surface area contributed by atoms with Crippen molar-refractivity contribution in [2.75, 3.05) is 3.11 Å². The minimum Gasteiger partial charge on any atom is -0.309 e. The molecule has 0 atom stereocenters. The van der Waals surface area contributed by atoms with Crippen LogP contribution in [-0.2, 0) is 5.41 Å². The maximum atomic E-state index is 2.48. The lowest BCUT2D eigenvalue weighted by Crippen LogP contribution is -2.29. The van der Waals surface area contributed by atoms with Crippen LogP contribution < -0.4 is 3.11 Å². The average Bonchev–Trinajstić information content (AvgIpc) is 3.57. The summed E-state index contributed by atoms with van der Waals surface area (Å²) in [5.41, 5.74) is 12.2. The fourth-order valence-corrected chi connectivity index (χ4v) is 8.19. The van der Waals surface area contributed by atoms with E-state index in [4.69, 9.17) is 0 Å². The molecule has 0 aliphatic carbocycles. The molecule has 0 bridgehead atoms. The molecular weight excluding hydrogens is 637 g/mol. The summed E-state index contributed by atoms with van der Waals surface area (Å²) < 4.78 is 7.17. The molecule has 0 saturated carbocycles. The van der Waals surface area contributed by atoms with E-state index in [1.807, 2.05) is 0 Å². The van der Waals surface area contributed by atoms with Gasteiger partial charge in [0, 0.05) is 38.3 Å². The first kappa shape index (κ1) is 25.0. The van der Waals surface area contributed by atoms with Crippen LogP contribution in [0.5, 0.6) is 0 Å². The number of anilines is 2. The Kier molecular flexibility index (Phi) is 5.22. The molecular formula is C39H28IN3. The van der Waals surface area contributed by atoms with Crippen molar-refractivity contribution in [1.29, 1.82) is 0 Å². The molecule has 3 heterocycles. The standard InChI is InChI=1S/C39H28IN3/c1-39(2)31-23-25(41-33-15-7-3-11-27(33)28-12-4-8-16-34(28)41)19-21-37(31)43(40)38-22-20-26(24-32(38)39)42-35-17-9-5-13-29(35)30-14-6-10-18-36(30)42/h3-24H,1-2H3. The van der Waals surface area contributed by atoms with Crippen LogP contribution in [0, 0.1) is 0 Å². The number of fused-ring (bicyclic) bond motifs is 8. The molecule has 2 aromatic heterocycles. The summed E-state index contributed by atoms with van der Waals surface area (Å²) >= 11 is 2.48. The zero-order valence-corrected chi connectivity index (χ0v) is 26.1. The smallest absolute Gasteiger partial charge is 0.0646 e. The van der Waals surface area contributed by atoms with Gasteiger partial charge < -0.3 is 9.13 Å². The van der Waals surface area contributed by atoms with Gasteiger partial charge >= 0.3 is 0 Å². The van der Waals surface area contributed by atoms with Crippen molar-refractivity contribution in [2.24, 2.45) is 0 Å². The SMILES string of the molecule is CC1(C)c2cc(-n3c4ccccc4c4ccccc43)ccc2N(I)c2ccc(-n3c4ccccc4c4ccccc43)cc21. The number of hydrogen-bond acceptors (Lipinski definition) is 1. The van der Waals surface area contributed by atoms with Crippen LogP contribution in [0.4, 0.5) is 11.4 Å². The number of halogens is 1. The van der Waals surface area contributed by atoms with E-state index in [1.54, 1.807) is 0 Å². The minimum absolute atomic E-state index is 0.212. The molecule has 4 heteroatoms. The second kappa shape index (κ2) is 8.98. The van der Waals surface area contributed by atoms with Crippen LogP contribution in [0.2, 0.25) is 0 Å². The largest absolute Gasteiger partial charge is 0.309 e. The first-order chi connectivity index (χ1) is 21.0. The van der Waals surface area contributed by atoms with Gasteiger partial charge in [-0.25, -0.2) is 0 Å². The van der Waals surface area contributed by atoms with E-state index in [1.165, 1.54) is 77.5 Å². The molecule has 1 aliphatic rings. The number of para-hydroxylation sites is 4.